The molecule has 0 fully saturated rings. The molecule has 1 atom stereocenters. The quantitative estimate of drug-likeness (QED) is 0.556. The molecule has 3 N–H and O–H groups in total. The molecule has 0 aliphatic heterocycles. The Balaban J connectivity index is 1.81. The molecule has 0 aliphatic carbocycles. The van der Waals surface area contributed by atoms with Crippen molar-refractivity contribution in [2.24, 2.45) is 0 Å². The molecule has 6 heteroatoms. The van der Waals surface area contributed by atoms with E-state index in [1.54, 1.807) is 12.1 Å². The molecule has 0 bridgehead atoms. The van der Waals surface area contributed by atoms with Crippen LogP contribution in [0.15, 0.2) is 59.5 Å². The number of aliphatic hydroxyl groups is 1. The zero-order chi connectivity index (χ0) is 17.4. The second-order valence-corrected chi connectivity index (χ2v) is 5.97. The summed E-state index contributed by atoms with van der Waals surface area (Å²) in [6.45, 7) is 0.215. The highest BCUT2D eigenvalue weighted by atomic mass is 32.2. The second-order valence-electron chi connectivity index (χ2n) is 5.13. The van der Waals surface area contributed by atoms with E-state index in [0.29, 0.717) is 12.1 Å². The smallest absolute Gasteiger partial charge is 0.313 e. The van der Waals surface area contributed by atoms with Gasteiger partial charge in [-0.05, 0) is 30.4 Å². The third-order valence-electron chi connectivity index (χ3n) is 3.45. The van der Waals surface area contributed by atoms with Gasteiger partial charge in [-0.3, -0.25) is 9.59 Å². The third kappa shape index (κ3) is 5.11. The zero-order valence-electron chi connectivity index (χ0n) is 13.4. The van der Waals surface area contributed by atoms with E-state index in [-0.39, 0.29) is 6.54 Å². The Labute approximate surface area is 145 Å². The molecule has 0 spiro atoms. The van der Waals surface area contributed by atoms with Crippen molar-refractivity contribution < 1.29 is 14.7 Å². The van der Waals surface area contributed by atoms with Gasteiger partial charge in [-0.25, -0.2) is 0 Å². The van der Waals surface area contributed by atoms with Crippen molar-refractivity contribution in [3.63, 3.8) is 0 Å². The van der Waals surface area contributed by atoms with Gasteiger partial charge in [0.05, 0.1) is 11.8 Å². The van der Waals surface area contributed by atoms with Gasteiger partial charge in [0.2, 0.25) is 0 Å². The second kappa shape index (κ2) is 9.10. The summed E-state index contributed by atoms with van der Waals surface area (Å²) in [6, 6.07) is 16.5. The van der Waals surface area contributed by atoms with Crippen LogP contribution in [0.4, 0.5) is 5.69 Å². The highest BCUT2D eigenvalue weighted by Gasteiger charge is 2.15. The Morgan fingerprint density at radius 1 is 1.04 bits per heavy atom. The maximum absolute atomic E-state index is 11.9. The van der Waals surface area contributed by atoms with E-state index in [1.807, 2.05) is 48.7 Å². The van der Waals surface area contributed by atoms with Crippen LogP contribution in [-0.4, -0.2) is 29.7 Å². The number of hydrogen-bond acceptors (Lipinski definition) is 4. The highest BCUT2D eigenvalue weighted by Crippen LogP contribution is 2.24. The Kier molecular flexibility index (Phi) is 6.84. The standard InChI is InChI=1S/C18H20N2O3S/c1-24-16-10-6-5-9-14(16)20-18(23)17(22)19-12-11-15(21)13-7-3-2-4-8-13/h2-10,15,21H,11-12H2,1H3,(H,19,22)(H,20,23)/t15-/m0/s1. The largest absolute Gasteiger partial charge is 0.388 e. The number of carbonyl (C=O) groups excluding carboxylic acids is 2. The summed E-state index contributed by atoms with van der Waals surface area (Å²) in [6.07, 6.45) is 1.56. The minimum atomic E-state index is -0.717. The molecule has 24 heavy (non-hydrogen) atoms. The van der Waals surface area contributed by atoms with Gasteiger partial charge in [0.25, 0.3) is 0 Å². The van der Waals surface area contributed by atoms with E-state index >= 15 is 0 Å². The molecule has 2 aromatic carbocycles. The molecular weight excluding hydrogens is 324 g/mol. The summed E-state index contributed by atoms with van der Waals surface area (Å²) in [5.41, 5.74) is 1.39. The number of para-hydroxylation sites is 1. The van der Waals surface area contributed by atoms with Crippen LogP contribution in [0, 0.1) is 0 Å². The Morgan fingerprint density at radius 3 is 2.42 bits per heavy atom. The predicted octanol–water partition coefficient (Wildman–Crippen LogP) is 2.59. The first kappa shape index (κ1) is 18.0. The van der Waals surface area contributed by atoms with E-state index < -0.39 is 17.9 Å². The maximum Gasteiger partial charge on any atom is 0.313 e. The van der Waals surface area contributed by atoms with Crippen molar-refractivity contribution in [2.75, 3.05) is 18.1 Å². The van der Waals surface area contributed by atoms with Crippen molar-refractivity contribution in [2.45, 2.75) is 17.4 Å². The van der Waals surface area contributed by atoms with Crippen LogP contribution in [0.25, 0.3) is 0 Å². The average molecular weight is 344 g/mol. The van der Waals surface area contributed by atoms with Gasteiger partial charge in [-0.2, -0.15) is 0 Å². The van der Waals surface area contributed by atoms with Gasteiger partial charge < -0.3 is 15.7 Å². The number of amides is 2. The lowest BCUT2D eigenvalue weighted by molar-refractivity contribution is -0.136. The lowest BCUT2D eigenvalue weighted by atomic mass is 10.1. The summed E-state index contributed by atoms with van der Waals surface area (Å²) in [5.74, 6) is -1.43. The molecule has 2 aromatic rings. The Bertz CT molecular complexity index is 692. The van der Waals surface area contributed by atoms with E-state index in [0.717, 1.165) is 10.5 Å². The third-order valence-corrected chi connectivity index (χ3v) is 4.24. The van der Waals surface area contributed by atoms with E-state index in [4.69, 9.17) is 0 Å². The summed E-state index contributed by atoms with van der Waals surface area (Å²) in [5, 5.41) is 15.1. The molecule has 126 valence electrons. The predicted molar refractivity (Wildman–Crippen MR) is 95.9 cm³/mol. The van der Waals surface area contributed by atoms with Crippen molar-refractivity contribution in [3.05, 3.63) is 60.2 Å². The molecule has 0 saturated carbocycles. The first-order valence-corrected chi connectivity index (χ1v) is 8.79. The van der Waals surface area contributed by atoms with E-state index in [2.05, 4.69) is 10.6 Å². The molecule has 2 amide bonds. The fourth-order valence-corrected chi connectivity index (χ4v) is 2.73. The monoisotopic (exact) mass is 344 g/mol. The van der Waals surface area contributed by atoms with Crippen LogP contribution < -0.4 is 10.6 Å². The maximum atomic E-state index is 11.9. The summed E-state index contributed by atoms with van der Waals surface area (Å²) in [4.78, 5) is 24.7. The summed E-state index contributed by atoms with van der Waals surface area (Å²) >= 11 is 1.49. The number of hydrogen-bond donors (Lipinski definition) is 3. The Hall–Kier alpha value is -2.31. The first-order valence-electron chi connectivity index (χ1n) is 7.57. The zero-order valence-corrected chi connectivity index (χ0v) is 14.2. The van der Waals surface area contributed by atoms with E-state index in [9.17, 15) is 14.7 Å². The highest BCUT2D eigenvalue weighted by molar-refractivity contribution is 7.98. The fraction of sp³-hybridized carbons (Fsp3) is 0.222. The van der Waals surface area contributed by atoms with Gasteiger partial charge in [0, 0.05) is 11.4 Å². The van der Waals surface area contributed by atoms with E-state index in [1.165, 1.54) is 11.8 Å². The number of rotatable bonds is 6. The van der Waals surface area contributed by atoms with Crippen LogP contribution in [0.1, 0.15) is 18.1 Å². The summed E-state index contributed by atoms with van der Waals surface area (Å²) < 4.78 is 0. The van der Waals surface area contributed by atoms with Crippen molar-refractivity contribution in [1.29, 1.82) is 0 Å². The van der Waals surface area contributed by atoms with Crippen LogP contribution >= 0.6 is 11.8 Å². The average Bonchev–Trinajstić information content (AvgIpc) is 2.62. The number of anilines is 1. The molecule has 2 rings (SSSR count). The molecule has 0 radical (unpaired) electrons. The SMILES string of the molecule is CSc1ccccc1NC(=O)C(=O)NCC[C@H](O)c1ccccc1. The minimum absolute atomic E-state index is 0.215. The van der Waals surface area contributed by atoms with Gasteiger partial charge >= 0.3 is 11.8 Å². The molecule has 0 saturated heterocycles. The van der Waals surface area contributed by atoms with Gasteiger partial charge in [-0.1, -0.05) is 42.5 Å². The number of carbonyl (C=O) groups is 2. The number of aliphatic hydroxyl groups excluding tert-OH is 1. The number of thioether (sulfide) groups is 1. The molecule has 5 nitrogen and oxygen atoms in total. The molecule has 0 aromatic heterocycles. The Morgan fingerprint density at radius 2 is 1.71 bits per heavy atom. The van der Waals surface area contributed by atoms with Gasteiger partial charge in [0.15, 0.2) is 0 Å². The van der Waals surface area contributed by atoms with Crippen LogP contribution in [0.3, 0.4) is 0 Å². The fourth-order valence-electron chi connectivity index (χ4n) is 2.17. The normalized spacial score (nSPS) is 11.6. The van der Waals surface area contributed by atoms with Crippen LogP contribution in [0.2, 0.25) is 0 Å². The summed E-state index contributed by atoms with van der Waals surface area (Å²) in [7, 11) is 0. The van der Waals surface area contributed by atoms with Crippen LogP contribution in [-0.2, 0) is 9.59 Å². The topological polar surface area (TPSA) is 78.4 Å². The van der Waals surface area contributed by atoms with Crippen molar-refractivity contribution >= 4 is 29.3 Å². The van der Waals surface area contributed by atoms with Crippen molar-refractivity contribution in [1.82, 2.24) is 5.32 Å². The number of nitrogens with one attached hydrogen (secondary N) is 2. The minimum Gasteiger partial charge on any atom is -0.388 e. The lowest BCUT2D eigenvalue weighted by Crippen LogP contribution is -2.36. The van der Waals surface area contributed by atoms with Crippen molar-refractivity contribution in [3.8, 4) is 0 Å². The van der Waals surface area contributed by atoms with Gasteiger partial charge in [0.1, 0.15) is 0 Å². The molecule has 0 unspecified atom stereocenters. The number of benzene rings is 2. The molecular formula is C18H20N2O3S. The first-order chi connectivity index (χ1) is 11.6. The van der Waals surface area contributed by atoms with Gasteiger partial charge in [-0.15, -0.1) is 11.8 Å². The van der Waals surface area contributed by atoms with Crippen LogP contribution in [0.5, 0.6) is 0 Å². The molecule has 0 heterocycles. The lowest BCUT2D eigenvalue weighted by Gasteiger charge is -2.12. The molecule has 0 aliphatic rings.